The Bertz CT molecular complexity index is 627. The van der Waals surface area contributed by atoms with Crippen molar-refractivity contribution in [1.29, 1.82) is 0 Å². The zero-order chi connectivity index (χ0) is 13.4. The molecule has 1 aromatic heterocycles. The second-order valence-corrected chi connectivity index (χ2v) is 4.40. The van der Waals surface area contributed by atoms with Gasteiger partial charge in [0.15, 0.2) is 0 Å². The van der Waals surface area contributed by atoms with Crippen LogP contribution in [0.15, 0.2) is 24.3 Å². The van der Waals surface area contributed by atoms with Crippen LogP contribution >= 0.6 is 0 Å². The van der Waals surface area contributed by atoms with Crippen molar-refractivity contribution in [2.24, 2.45) is 7.05 Å². The molecule has 0 amide bonds. The van der Waals surface area contributed by atoms with Crippen LogP contribution in [0.25, 0.3) is 11.3 Å². The molecule has 0 radical (unpaired) electrons. The van der Waals surface area contributed by atoms with E-state index in [1.807, 2.05) is 42.8 Å². The molecule has 2 aromatic rings. The molecule has 0 aliphatic rings. The summed E-state index contributed by atoms with van der Waals surface area (Å²) in [6.07, 6.45) is 0. The summed E-state index contributed by atoms with van der Waals surface area (Å²) >= 11 is 0. The van der Waals surface area contributed by atoms with Crippen LogP contribution in [0.2, 0.25) is 0 Å². The van der Waals surface area contributed by atoms with Crippen molar-refractivity contribution >= 4 is 11.7 Å². The molecule has 4 nitrogen and oxygen atoms in total. The number of aromatic nitrogens is 1. The fraction of sp³-hybridized carbons (Fsp3) is 0.214. The largest absolute Gasteiger partial charge is 0.478 e. The van der Waals surface area contributed by atoms with E-state index in [0.717, 1.165) is 16.8 Å². The summed E-state index contributed by atoms with van der Waals surface area (Å²) in [5.74, 6) is -0.986. The molecule has 4 heteroatoms. The standard InChI is InChI=1S/C14H16N2O2/c1-8-6-4-5-7-10(8)13-12(15)11(14(17)18)9(2)16(13)3/h4-7H,15H2,1-3H3,(H,17,18). The lowest BCUT2D eigenvalue weighted by atomic mass is 10.0. The normalized spacial score (nSPS) is 10.6. The topological polar surface area (TPSA) is 68.2 Å². The highest BCUT2D eigenvalue weighted by Gasteiger charge is 2.22. The van der Waals surface area contributed by atoms with Gasteiger partial charge in [0.05, 0.1) is 11.4 Å². The quantitative estimate of drug-likeness (QED) is 0.853. The smallest absolute Gasteiger partial charge is 0.339 e. The maximum absolute atomic E-state index is 11.2. The summed E-state index contributed by atoms with van der Waals surface area (Å²) < 4.78 is 1.83. The zero-order valence-electron chi connectivity index (χ0n) is 10.7. The zero-order valence-corrected chi connectivity index (χ0v) is 10.7. The summed E-state index contributed by atoms with van der Waals surface area (Å²) in [5, 5.41) is 9.21. The molecule has 0 unspecified atom stereocenters. The number of carbonyl (C=O) groups is 1. The monoisotopic (exact) mass is 244 g/mol. The molecule has 0 saturated heterocycles. The number of nitrogen functional groups attached to an aromatic ring is 1. The van der Waals surface area contributed by atoms with Crippen molar-refractivity contribution in [3.05, 3.63) is 41.1 Å². The van der Waals surface area contributed by atoms with Gasteiger partial charge in [-0.3, -0.25) is 0 Å². The van der Waals surface area contributed by atoms with Gasteiger partial charge in [0.2, 0.25) is 0 Å². The molecule has 3 N–H and O–H groups in total. The van der Waals surface area contributed by atoms with Gasteiger partial charge in [0.1, 0.15) is 5.56 Å². The Morgan fingerprint density at radius 2 is 1.89 bits per heavy atom. The van der Waals surface area contributed by atoms with Gasteiger partial charge in [0, 0.05) is 18.3 Å². The summed E-state index contributed by atoms with van der Waals surface area (Å²) in [5.41, 5.74) is 9.99. The van der Waals surface area contributed by atoms with E-state index >= 15 is 0 Å². The number of hydrogen-bond acceptors (Lipinski definition) is 2. The average molecular weight is 244 g/mol. The molecule has 0 atom stereocenters. The Labute approximate surface area is 106 Å². The van der Waals surface area contributed by atoms with E-state index < -0.39 is 5.97 Å². The lowest BCUT2D eigenvalue weighted by Crippen LogP contribution is -2.01. The van der Waals surface area contributed by atoms with Crippen molar-refractivity contribution in [3.63, 3.8) is 0 Å². The van der Waals surface area contributed by atoms with Gasteiger partial charge in [-0.15, -0.1) is 0 Å². The molecular weight excluding hydrogens is 228 g/mol. The first kappa shape index (κ1) is 12.2. The first-order valence-corrected chi connectivity index (χ1v) is 5.69. The number of nitrogens with two attached hydrogens (primary N) is 1. The maximum Gasteiger partial charge on any atom is 0.339 e. The van der Waals surface area contributed by atoms with Gasteiger partial charge < -0.3 is 15.4 Å². The van der Waals surface area contributed by atoms with E-state index in [0.29, 0.717) is 11.4 Å². The second-order valence-electron chi connectivity index (χ2n) is 4.40. The molecule has 1 heterocycles. The molecular formula is C14H16N2O2. The molecule has 94 valence electrons. The van der Waals surface area contributed by atoms with Crippen LogP contribution in [0.1, 0.15) is 21.6 Å². The lowest BCUT2D eigenvalue weighted by molar-refractivity contribution is 0.0697. The van der Waals surface area contributed by atoms with Crippen LogP contribution in [0, 0.1) is 13.8 Å². The van der Waals surface area contributed by atoms with Crippen molar-refractivity contribution in [2.45, 2.75) is 13.8 Å². The highest BCUT2D eigenvalue weighted by molar-refractivity contribution is 6.00. The van der Waals surface area contributed by atoms with Gasteiger partial charge in [0.25, 0.3) is 0 Å². The number of carboxylic acid groups (broad SMARTS) is 1. The van der Waals surface area contributed by atoms with E-state index in [-0.39, 0.29) is 5.56 Å². The predicted molar refractivity (Wildman–Crippen MR) is 71.7 cm³/mol. The summed E-state index contributed by atoms with van der Waals surface area (Å²) in [7, 11) is 1.83. The van der Waals surface area contributed by atoms with Gasteiger partial charge in [-0.2, -0.15) is 0 Å². The van der Waals surface area contributed by atoms with E-state index in [9.17, 15) is 9.90 Å². The predicted octanol–water partition coefficient (Wildman–Crippen LogP) is 2.59. The Morgan fingerprint density at radius 1 is 1.28 bits per heavy atom. The average Bonchev–Trinajstić information content (AvgIpc) is 2.52. The van der Waals surface area contributed by atoms with Crippen molar-refractivity contribution in [1.82, 2.24) is 4.57 Å². The van der Waals surface area contributed by atoms with Crippen LogP contribution in [0.5, 0.6) is 0 Å². The third-order valence-corrected chi connectivity index (χ3v) is 3.34. The first-order valence-electron chi connectivity index (χ1n) is 5.69. The Kier molecular flexibility index (Phi) is 2.87. The van der Waals surface area contributed by atoms with Crippen molar-refractivity contribution < 1.29 is 9.90 Å². The molecule has 0 saturated carbocycles. The summed E-state index contributed by atoms with van der Waals surface area (Å²) in [6.45, 7) is 3.75. The van der Waals surface area contributed by atoms with E-state index in [1.165, 1.54) is 0 Å². The molecule has 0 bridgehead atoms. The number of rotatable bonds is 2. The molecule has 0 fully saturated rings. The highest BCUT2D eigenvalue weighted by Crippen LogP contribution is 2.34. The van der Waals surface area contributed by atoms with Crippen LogP contribution in [-0.2, 0) is 7.05 Å². The maximum atomic E-state index is 11.2. The highest BCUT2D eigenvalue weighted by atomic mass is 16.4. The Balaban J connectivity index is 2.78. The van der Waals surface area contributed by atoms with Crippen LogP contribution in [0.4, 0.5) is 5.69 Å². The van der Waals surface area contributed by atoms with Gasteiger partial charge in [-0.05, 0) is 19.4 Å². The Hall–Kier alpha value is -2.23. The molecule has 0 aliphatic heterocycles. The van der Waals surface area contributed by atoms with Gasteiger partial charge in [-0.1, -0.05) is 24.3 Å². The minimum absolute atomic E-state index is 0.191. The first-order chi connectivity index (χ1) is 8.45. The number of aryl methyl sites for hydroxylation is 1. The number of aromatic carboxylic acids is 1. The molecule has 0 spiro atoms. The van der Waals surface area contributed by atoms with Crippen LogP contribution < -0.4 is 5.73 Å². The fourth-order valence-electron chi connectivity index (χ4n) is 2.26. The molecule has 0 aliphatic carbocycles. The van der Waals surface area contributed by atoms with Crippen LogP contribution in [-0.4, -0.2) is 15.6 Å². The fourth-order valence-corrected chi connectivity index (χ4v) is 2.26. The minimum Gasteiger partial charge on any atom is -0.478 e. The molecule has 2 rings (SSSR count). The minimum atomic E-state index is -0.986. The van der Waals surface area contributed by atoms with Crippen LogP contribution in [0.3, 0.4) is 0 Å². The van der Waals surface area contributed by atoms with E-state index in [4.69, 9.17) is 5.73 Å². The summed E-state index contributed by atoms with van der Waals surface area (Å²) in [4.78, 5) is 11.2. The molecule has 18 heavy (non-hydrogen) atoms. The lowest BCUT2D eigenvalue weighted by Gasteiger charge is -2.09. The third kappa shape index (κ3) is 1.66. The number of nitrogens with zero attached hydrogens (tertiary/aromatic N) is 1. The van der Waals surface area contributed by atoms with E-state index in [2.05, 4.69) is 0 Å². The second kappa shape index (κ2) is 4.22. The Morgan fingerprint density at radius 3 is 2.39 bits per heavy atom. The van der Waals surface area contributed by atoms with Gasteiger partial charge in [-0.25, -0.2) is 4.79 Å². The third-order valence-electron chi connectivity index (χ3n) is 3.34. The SMILES string of the molecule is Cc1ccccc1-c1c(N)c(C(=O)O)c(C)n1C. The van der Waals surface area contributed by atoms with Crippen molar-refractivity contribution in [2.75, 3.05) is 5.73 Å². The van der Waals surface area contributed by atoms with Gasteiger partial charge >= 0.3 is 5.97 Å². The summed E-state index contributed by atoms with van der Waals surface area (Å²) in [6, 6.07) is 7.80. The number of anilines is 1. The van der Waals surface area contributed by atoms with Crippen molar-refractivity contribution in [3.8, 4) is 11.3 Å². The molecule has 1 aromatic carbocycles. The number of hydrogen-bond donors (Lipinski definition) is 2. The van der Waals surface area contributed by atoms with E-state index in [1.54, 1.807) is 6.92 Å². The number of benzene rings is 1. The number of carboxylic acids is 1.